The summed E-state index contributed by atoms with van der Waals surface area (Å²) in [5, 5.41) is 66.4. The quantitative estimate of drug-likeness (QED) is 0.0219. The van der Waals surface area contributed by atoms with Gasteiger partial charge in [-0.1, -0.05) is 34.6 Å². The fourth-order valence-electron chi connectivity index (χ4n) is 20.7. The van der Waals surface area contributed by atoms with Crippen molar-refractivity contribution in [3.05, 3.63) is 87.7 Å². The Kier molecular flexibility index (Phi) is 38.6. The van der Waals surface area contributed by atoms with Gasteiger partial charge in [-0.3, -0.25) is 91.6 Å². The van der Waals surface area contributed by atoms with Crippen LogP contribution in [0.1, 0.15) is 162 Å². The summed E-state index contributed by atoms with van der Waals surface area (Å²) in [6, 6.07) is 6.60. The van der Waals surface area contributed by atoms with E-state index in [1.54, 1.807) is 48.5 Å². The number of aryl methyl sites for hydroxylation is 2. The Bertz CT molecular complexity index is 5340. The van der Waals surface area contributed by atoms with Crippen molar-refractivity contribution < 1.29 is 125 Å². The number of phenols is 1. The first kappa shape index (κ1) is 112. The summed E-state index contributed by atoms with van der Waals surface area (Å²) in [6.07, 6.45) is -6.03. The smallest absolute Gasteiger partial charge is 0.472 e. The number of fused-ring (bicyclic) bond motifs is 7. The molecule has 1 aromatic heterocycles. The molecule has 47 heteroatoms. The molecule has 7 unspecified atom stereocenters. The van der Waals surface area contributed by atoms with E-state index >= 15 is 0 Å². The number of nitrogens with two attached hydrogens (primary N) is 6. The Labute approximate surface area is 818 Å². The summed E-state index contributed by atoms with van der Waals surface area (Å²) in [5.74, 6) is -11.3. The molecule has 3 fully saturated rings. The fourth-order valence-corrected chi connectivity index (χ4v) is 21.8. The van der Waals surface area contributed by atoms with E-state index in [2.05, 4.69) is 31.6 Å². The van der Waals surface area contributed by atoms with Gasteiger partial charge in [0.25, 0.3) is 0 Å². The maximum absolute atomic E-state index is 14.7. The van der Waals surface area contributed by atoms with Crippen LogP contribution in [0.5, 0.6) is 5.75 Å². The molecule has 23 N–H and O–H groups in total. The van der Waals surface area contributed by atoms with Gasteiger partial charge in [0.2, 0.25) is 41.4 Å². The molecule has 3 saturated heterocycles. The van der Waals surface area contributed by atoms with E-state index in [4.69, 9.17) is 82.1 Å². The van der Waals surface area contributed by atoms with Crippen molar-refractivity contribution in [1.82, 2.24) is 50.4 Å². The molecule has 7 aliphatic rings. The van der Waals surface area contributed by atoms with E-state index in [0.29, 0.717) is 100 Å². The van der Waals surface area contributed by atoms with Gasteiger partial charge in [0.15, 0.2) is 6.23 Å². The summed E-state index contributed by atoms with van der Waals surface area (Å²) in [7, 11) is -5.29. The number of phenolic OH excluding ortho intramolecular Hbond substituents is 1. The Balaban J connectivity index is 0.729. The molecule has 0 radical (unpaired) electrons. The van der Waals surface area contributed by atoms with Crippen molar-refractivity contribution in [2.45, 2.75) is 202 Å². The first-order valence-corrected chi connectivity index (χ1v) is 49.0. The van der Waals surface area contributed by atoms with E-state index in [-0.39, 0.29) is 175 Å². The number of urea groups is 1. The van der Waals surface area contributed by atoms with Crippen LogP contribution in [0.15, 0.2) is 85.9 Å². The predicted octanol–water partition coefficient (Wildman–Crippen LogP) is 2.84. The van der Waals surface area contributed by atoms with Crippen molar-refractivity contribution in [3.63, 3.8) is 0 Å². The van der Waals surface area contributed by atoms with E-state index in [1.165, 1.54) is 30.0 Å². The van der Waals surface area contributed by atoms with Crippen LogP contribution >= 0.6 is 7.82 Å². The standard InChI is InChI=1S/C94H141N20O26P/c1-53-38-65-66(39-54(53)2)114(52-104-65)87-82(129)83(68(138-87)51-137-89(131)102-23-13-33-135-35-37-136-36-34-134-32-12-22-101-88(130)105-59-14-17-67(115)58(40-59)47-110-24-26-111(48-77(123)124)28-30-113(50-79(127)128)31-29-112(27-25-110)49-78(125)126)140-141(132,133)139-55(3)46-103-76(122)20-21-91(8)63(42-73(98)119)86-94(11)93(10,45-75(100)121)62(41-72(97)118)81(109-94)57(5)85-92(9,44-74(99)120)60(15-18-70(95)116)64(106-85)43-69-90(6,7)61(16-19-71(96)117)80(107-69)56(4)84(91)108-86/h14,17,38-40,43,52,55,60-63,68,82-83,86-87,106,115,129H,12-13,15-16,18-37,41-42,44-51H2,1-11H3,(H2,95,116)(H2,96,117)(H2,97,118)(H2,98,119)(H2,99,120)(H2,100,121)(H,102,131)(H,103,122)(H,123,124)(H,125,126)(H,127,128)(H,132,133)(H2,101,105,130)/b64-43-,80-56-,85-57-/t55?,60-,61-,62-,63+,68?,82?,83?,86?,87?,91-,92+,93+,94+/m1/s1. The molecule has 8 bridgehead atoms. The fraction of sp³-hybridized carbons (Fsp3) is 0.638. The number of phosphoric acid groups is 1. The third kappa shape index (κ3) is 28.6. The third-order valence-electron chi connectivity index (χ3n) is 28.5. The number of hydrogen-bond acceptors (Lipinski definition) is 31. The molecule has 2 aromatic carbocycles. The molecule has 0 spiro atoms. The minimum atomic E-state index is -5.29. The number of aromatic hydroxyl groups is 1. The number of hydrogen-bond donors (Lipinski definition) is 17. The molecule has 3 aromatic rings. The summed E-state index contributed by atoms with van der Waals surface area (Å²) in [4.78, 5) is 196. The normalized spacial score (nSPS) is 27.6. The summed E-state index contributed by atoms with van der Waals surface area (Å²) >= 11 is 0. The highest BCUT2D eigenvalue weighted by atomic mass is 31.2. The maximum atomic E-state index is 14.7. The molecule has 7 aliphatic heterocycles. The number of ether oxygens (including phenoxy) is 5. The van der Waals surface area contributed by atoms with Crippen LogP contribution in [0.2, 0.25) is 0 Å². The number of aliphatic imine (C=N–C) groups is 3. The second-order valence-corrected chi connectivity index (χ2v) is 40.5. The molecular weight excluding hydrogens is 1860 g/mol. The zero-order chi connectivity index (χ0) is 104. The molecule has 0 aliphatic carbocycles. The van der Waals surface area contributed by atoms with Gasteiger partial charge >= 0.3 is 37.9 Å². The molecule has 10 amide bonds. The second-order valence-electron chi connectivity index (χ2n) is 39.1. The number of aliphatic carboxylic acids is 3. The van der Waals surface area contributed by atoms with Gasteiger partial charge in [0, 0.05) is 228 Å². The first-order valence-electron chi connectivity index (χ1n) is 47.5. The number of carbonyl (C=O) groups is 12. The minimum absolute atomic E-state index is 0.0546. The summed E-state index contributed by atoms with van der Waals surface area (Å²) in [6.45, 7) is 22.0. The summed E-state index contributed by atoms with van der Waals surface area (Å²) < 4.78 is 56.2. The number of aromatic nitrogens is 2. The number of nitrogens with one attached hydrogen (secondary N) is 5. The monoisotopic (exact) mass is 2000 g/mol. The Hall–Kier alpha value is -11.3. The molecular formula is C94H141N20O26P. The molecule has 10 rings (SSSR count). The predicted molar refractivity (Wildman–Crippen MR) is 516 cm³/mol. The number of imidazole rings is 1. The van der Waals surface area contributed by atoms with Crippen LogP contribution in [-0.4, -0.2) is 322 Å². The number of carboxylic acids is 3. The van der Waals surface area contributed by atoms with Crippen molar-refractivity contribution >= 4 is 113 Å². The highest BCUT2D eigenvalue weighted by Crippen LogP contribution is 2.63. The lowest BCUT2D eigenvalue weighted by Gasteiger charge is -2.48. The molecule has 778 valence electrons. The number of phosphoric ester groups is 1. The van der Waals surface area contributed by atoms with Crippen molar-refractivity contribution in [2.24, 2.45) is 94.7 Å². The summed E-state index contributed by atoms with van der Waals surface area (Å²) in [5.41, 5.74) is 37.3. The minimum Gasteiger partial charge on any atom is -0.508 e. The number of nitrogens with zero attached hydrogens (tertiary/aromatic N) is 9. The lowest BCUT2D eigenvalue weighted by Crippen LogP contribution is -2.56. The molecule has 46 nitrogen and oxygen atoms in total. The van der Waals surface area contributed by atoms with Gasteiger partial charge in [0.1, 0.15) is 30.7 Å². The van der Waals surface area contributed by atoms with Gasteiger partial charge in [-0.05, 0) is 132 Å². The molecule has 141 heavy (non-hydrogen) atoms. The number of carbonyl (C=O) groups excluding carboxylic acids is 9. The van der Waals surface area contributed by atoms with Gasteiger partial charge in [-0.2, -0.15) is 0 Å². The van der Waals surface area contributed by atoms with E-state index in [1.807, 2.05) is 64.7 Å². The van der Waals surface area contributed by atoms with Gasteiger partial charge < -0.3 is 120 Å². The topological polar surface area (TPSA) is 692 Å². The Morgan fingerprint density at radius 1 is 0.645 bits per heavy atom. The van der Waals surface area contributed by atoms with Gasteiger partial charge in [-0.25, -0.2) is 19.1 Å². The van der Waals surface area contributed by atoms with Gasteiger partial charge in [-0.15, -0.1) is 0 Å². The number of benzene rings is 2. The van der Waals surface area contributed by atoms with Crippen LogP contribution in [0, 0.1) is 59.2 Å². The van der Waals surface area contributed by atoms with Crippen molar-refractivity contribution in [1.29, 1.82) is 0 Å². The Morgan fingerprint density at radius 2 is 1.20 bits per heavy atom. The Morgan fingerprint density at radius 3 is 1.76 bits per heavy atom. The molecule has 15 atom stereocenters. The number of rotatable bonds is 49. The number of amides is 10. The number of anilines is 1. The zero-order valence-corrected chi connectivity index (χ0v) is 83.0. The zero-order valence-electron chi connectivity index (χ0n) is 82.1. The van der Waals surface area contributed by atoms with Crippen LogP contribution in [0.4, 0.5) is 15.3 Å². The van der Waals surface area contributed by atoms with E-state index in [0.717, 1.165) is 11.1 Å². The maximum Gasteiger partial charge on any atom is 0.472 e. The van der Waals surface area contributed by atoms with Crippen LogP contribution < -0.4 is 61.0 Å². The number of allylic oxidation sites excluding steroid dienone is 6. The number of primary amides is 6. The van der Waals surface area contributed by atoms with E-state index in [9.17, 15) is 92.5 Å². The average Bonchev–Trinajstić information content (AvgIpc) is 1.52. The van der Waals surface area contributed by atoms with E-state index < -0.39 is 186 Å². The molecule has 0 saturated carbocycles. The highest BCUT2D eigenvalue weighted by molar-refractivity contribution is 7.47. The average molecular weight is 2000 g/mol. The second kappa shape index (κ2) is 48.7. The highest BCUT2D eigenvalue weighted by Gasteiger charge is 2.67. The van der Waals surface area contributed by atoms with Crippen LogP contribution in [-0.2, 0) is 91.8 Å². The van der Waals surface area contributed by atoms with Crippen LogP contribution in [0.3, 0.4) is 0 Å². The van der Waals surface area contributed by atoms with Gasteiger partial charge in [0.05, 0.1) is 81.1 Å². The van der Waals surface area contributed by atoms with Crippen LogP contribution in [0.25, 0.3) is 11.0 Å². The number of alkyl carbamates (subject to hydrolysis) is 1. The lowest BCUT2D eigenvalue weighted by molar-refractivity contribution is -0.140. The third-order valence-corrected chi connectivity index (χ3v) is 29.6. The number of carboxylic acid groups (broad SMARTS) is 3. The lowest BCUT2D eigenvalue weighted by atomic mass is 9.55. The largest absolute Gasteiger partial charge is 0.508 e. The SMILES string of the molecule is C/C1=C2N=C(/C=C3\N/C(=C(/C)C4=N[C@@](C)(C5N=C1[C@](C)(CCC(=O)NCC(C)OP(=O)(O)OC1C(COC(=O)NCCCOCCOCCOCCCNC(=O)Nc6ccc(O)c(CN7CCN(CC(=O)O)CCN(CC(=O)O)CCN(CC(=O)O)CC7)c6)OC(n6cnc7cc(C)c(C)cc76)C1O)[C@H]5CC(N)=O)[C@@](C)(CC(N)=O)[C@@H]4CC(N)=O)[C@@](C)(CC(N)=O)[C@@H]3CCC(N)=O)C(C)(C)[C@@H]/2CCC(N)=O. The molecule has 8 heterocycles. The number of aliphatic hydroxyl groups is 1. The number of aliphatic hydroxyl groups excluding tert-OH is 1. The van der Waals surface area contributed by atoms with Crippen molar-refractivity contribution in [3.8, 4) is 5.75 Å². The first-order chi connectivity index (χ1) is 66.4. The van der Waals surface area contributed by atoms with Crippen molar-refractivity contribution in [2.75, 3.05) is 143 Å².